The van der Waals surface area contributed by atoms with E-state index in [0.29, 0.717) is 0 Å². The van der Waals surface area contributed by atoms with E-state index in [1.54, 1.807) is 0 Å². The average Bonchev–Trinajstić information content (AvgIpc) is 3.10. The molecule has 0 saturated heterocycles. The van der Waals surface area contributed by atoms with Crippen molar-refractivity contribution in [2.75, 3.05) is 0 Å². The molecule has 0 aliphatic rings. The number of hydrogen-bond donors (Lipinski definition) is 0. The molecule has 102 valence electrons. The molecule has 0 unspecified atom stereocenters. The fraction of sp³-hybridized carbons (Fsp3) is 0. The molecule has 0 aliphatic carbocycles. The second-order valence-electron chi connectivity index (χ2n) is 5.68. The zero-order valence-electron chi connectivity index (χ0n) is 11.6. The number of benzene rings is 2. The number of pyridine rings is 2. The van der Waals surface area contributed by atoms with Crippen LogP contribution in [-0.2, 0) is 0 Å². The highest BCUT2D eigenvalue weighted by Crippen LogP contribution is 2.42. The monoisotopic (exact) mass is 282 g/mol. The Hall–Kier alpha value is -3.07. The molecule has 0 aliphatic heterocycles. The van der Waals surface area contributed by atoms with Crippen molar-refractivity contribution in [3.05, 3.63) is 60.8 Å². The smallest absolute Gasteiger partial charge is 0.161 e. The minimum absolute atomic E-state index is 0.929. The number of nitrogens with zero attached hydrogens (tertiary/aromatic N) is 2. The number of hydrogen-bond acceptors (Lipinski definition) is 2. The molecule has 2 aromatic carbocycles. The lowest BCUT2D eigenvalue weighted by Crippen LogP contribution is -1.91. The van der Waals surface area contributed by atoms with Crippen molar-refractivity contribution in [3.63, 3.8) is 0 Å². The summed E-state index contributed by atoms with van der Waals surface area (Å²) in [5.74, 6) is 0. The predicted octanol–water partition coefficient (Wildman–Crippen LogP) is 4.98. The van der Waals surface area contributed by atoms with Crippen LogP contribution in [0.15, 0.2) is 65.2 Å². The van der Waals surface area contributed by atoms with Gasteiger partial charge in [-0.1, -0.05) is 24.3 Å². The molecule has 0 spiro atoms. The van der Waals surface area contributed by atoms with Gasteiger partial charge in [0, 0.05) is 17.0 Å². The fourth-order valence-electron chi connectivity index (χ4n) is 3.74. The lowest BCUT2D eigenvalue weighted by molar-refractivity contribution is 0.673. The third kappa shape index (κ3) is 1.02. The van der Waals surface area contributed by atoms with Gasteiger partial charge in [0.2, 0.25) is 0 Å². The Morgan fingerprint density at radius 2 is 1.68 bits per heavy atom. The Bertz CT molecular complexity index is 1320. The van der Waals surface area contributed by atoms with Crippen molar-refractivity contribution >= 4 is 49.4 Å². The van der Waals surface area contributed by atoms with Crippen LogP contribution in [0.25, 0.3) is 49.4 Å². The van der Waals surface area contributed by atoms with Gasteiger partial charge in [0.05, 0.1) is 21.9 Å². The number of fused-ring (bicyclic) bond motifs is 6. The molecule has 0 bridgehead atoms. The van der Waals surface area contributed by atoms with Gasteiger partial charge in [-0.05, 0) is 30.3 Å². The maximum Gasteiger partial charge on any atom is 0.161 e. The first kappa shape index (κ1) is 10.6. The molecule has 0 saturated carbocycles. The van der Waals surface area contributed by atoms with Gasteiger partial charge >= 0.3 is 0 Å². The van der Waals surface area contributed by atoms with Crippen LogP contribution in [0.2, 0.25) is 0 Å². The van der Waals surface area contributed by atoms with Gasteiger partial charge in [0.25, 0.3) is 0 Å². The highest BCUT2D eigenvalue weighted by atomic mass is 16.3. The predicted molar refractivity (Wildman–Crippen MR) is 88.7 cm³/mol. The minimum atomic E-state index is 0.929. The Kier molecular flexibility index (Phi) is 1.64. The first-order chi connectivity index (χ1) is 10.9. The van der Waals surface area contributed by atoms with Crippen LogP contribution in [0.5, 0.6) is 0 Å². The molecular formula is C19H10N2O. The lowest BCUT2D eigenvalue weighted by atomic mass is 10.1. The van der Waals surface area contributed by atoms with Crippen LogP contribution in [0.4, 0.5) is 0 Å². The first-order valence-electron chi connectivity index (χ1n) is 7.34. The number of para-hydroxylation sites is 1. The van der Waals surface area contributed by atoms with E-state index < -0.39 is 0 Å². The van der Waals surface area contributed by atoms with Crippen molar-refractivity contribution in [1.82, 2.24) is 9.38 Å². The standard InChI is InChI=1S/C19H10N2O/c1-2-7-13-11(5-1)19-18-16-12(6-3-9-15(16)22-19)17-14(21(13)18)8-4-10-20-17/h1-10H. The highest BCUT2D eigenvalue weighted by Gasteiger charge is 2.21. The summed E-state index contributed by atoms with van der Waals surface area (Å²) in [6.45, 7) is 0. The molecule has 6 aromatic rings. The lowest BCUT2D eigenvalue weighted by Gasteiger charge is -2.07. The van der Waals surface area contributed by atoms with Gasteiger partial charge in [0.15, 0.2) is 5.58 Å². The number of aromatic nitrogens is 2. The van der Waals surface area contributed by atoms with Gasteiger partial charge in [0.1, 0.15) is 11.1 Å². The average molecular weight is 282 g/mol. The quantitative estimate of drug-likeness (QED) is 0.368. The Morgan fingerprint density at radius 1 is 0.818 bits per heavy atom. The maximum absolute atomic E-state index is 6.19. The fourth-order valence-corrected chi connectivity index (χ4v) is 3.74. The Morgan fingerprint density at radius 3 is 2.68 bits per heavy atom. The first-order valence-corrected chi connectivity index (χ1v) is 7.34. The zero-order chi connectivity index (χ0) is 14.3. The van der Waals surface area contributed by atoms with E-state index in [1.165, 1.54) is 10.9 Å². The summed E-state index contributed by atoms with van der Waals surface area (Å²) in [7, 11) is 0. The largest absolute Gasteiger partial charge is 0.454 e. The van der Waals surface area contributed by atoms with Gasteiger partial charge in [-0.2, -0.15) is 0 Å². The molecule has 4 heterocycles. The topological polar surface area (TPSA) is 30.4 Å². The van der Waals surface area contributed by atoms with Crippen molar-refractivity contribution in [2.24, 2.45) is 0 Å². The second kappa shape index (κ2) is 3.39. The maximum atomic E-state index is 6.19. The summed E-state index contributed by atoms with van der Waals surface area (Å²) < 4.78 is 8.47. The molecule has 0 amide bonds. The van der Waals surface area contributed by atoms with E-state index in [4.69, 9.17) is 4.42 Å². The molecule has 6 rings (SSSR count). The Balaban J connectivity index is 2.18. The molecular weight excluding hydrogens is 272 g/mol. The third-order valence-corrected chi connectivity index (χ3v) is 4.59. The summed E-state index contributed by atoms with van der Waals surface area (Å²) in [5.41, 5.74) is 6.36. The zero-order valence-corrected chi connectivity index (χ0v) is 11.6. The highest BCUT2D eigenvalue weighted by molar-refractivity contribution is 6.26. The summed E-state index contributed by atoms with van der Waals surface area (Å²) in [6.07, 6.45) is 1.85. The van der Waals surface area contributed by atoms with Crippen LogP contribution in [0.3, 0.4) is 0 Å². The molecule has 3 heteroatoms. The summed E-state index contributed by atoms with van der Waals surface area (Å²) in [5, 5.41) is 3.47. The van der Waals surface area contributed by atoms with E-state index in [9.17, 15) is 0 Å². The number of furan rings is 1. The van der Waals surface area contributed by atoms with Crippen molar-refractivity contribution in [2.45, 2.75) is 0 Å². The van der Waals surface area contributed by atoms with Crippen LogP contribution in [-0.4, -0.2) is 9.38 Å². The van der Waals surface area contributed by atoms with Crippen LogP contribution in [0.1, 0.15) is 0 Å². The van der Waals surface area contributed by atoms with Gasteiger partial charge in [-0.3, -0.25) is 4.98 Å². The molecule has 0 atom stereocenters. The summed E-state index contributed by atoms with van der Waals surface area (Å²) >= 11 is 0. The van der Waals surface area contributed by atoms with Crippen molar-refractivity contribution in [1.29, 1.82) is 0 Å². The van der Waals surface area contributed by atoms with Crippen molar-refractivity contribution in [3.8, 4) is 0 Å². The Labute approximate surface area is 124 Å². The summed E-state index contributed by atoms with van der Waals surface area (Å²) in [4.78, 5) is 4.63. The van der Waals surface area contributed by atoms with E-state index >= 15 is 0 Å². The van der Waals surface area contributed by atoms with Crippen LogP contribution < -0.4 is 0 Å². The molecule has 0 radical (unpaired) electrons. The van der Waals surface area contributed by atoms with Gasteiger partial charge in [-0.25, -0.2) is 0 Å². The minimum Gasteiger partial charge on any atom is -0.454 e. The van der Waals surface area contributed by atoms with Crippen LogP contribution in [0, 0.1) is 0 Å². The SMILES string of the molecule is c1cc2oc3c4ccccc4n4c5cccnc5c(c1)c2c34. The third-order valence-electron chi connectivity index (χ3n) is 4.59. The normalized spacial score (nSPS) is 12.5. The molecule has 0 fully saturated rings. The van der Waals surface area contributed by atoms with Gasteiger partial charge < -0.3 is 8.82 Å². The molecule has 4 aromatic heterocycles. The molecule has 3 nitrogen and oxygen atoms in total. The van der Waals surface area contributed by atoms with E-state index in [-0.39, 0.29) is 0 Å². The van der Waals surface area contributed by atoms with E-state index in [0.717, 1.165) is 38.5 Å². The molecule has 0 N–H and O–H groups in total. The number of rotatable bonds is 0. The molecule has 22 heavy (non-hydrogen) atoms. The van der Waals surface area contributed by atoms with Gasteiger partial charge in [-0.15, -0.1) is 0 Å². The van der Waals surface area contributed by atoms with Crippen LogP contribution >= 0.6 is 0 Å². The van der Waals surface area contributed by atoms with E-state index in [2.05, 4.69) is 45.8 Å². The van der Waals surface area contributed by atoms with E-state index in [1.807, 2.05) is 24.4 Å². The van der Waals surface area contributed by atoms with Crippen molar-refractivity contribution < 1.29 is 4.42 Å². The summed E-state index contributed by atoms with van der Waals surface area (Å²) in [6, 6.07) is 18.7. The second-order valence-corrected chi connectivity index (χ2v) is 5.68.